The quantitative estimate of drug-likeness (QED) is 0.498. The zero-order valence-corrected chi connectivity index (χ0v) is 6.66. The average Bonchev–Trinajstić information content (AvgIpc) is 2.06. The van der Waals surface area contributed by atoms with Crippen LogP contribution in [0.1, 0.15) is 6.92 Å². The number of carbonyl (C=O) groups is 1. The molecule has 1 rings (SSSR count). The molecule has 0 heterocycles. The number of alkyl halides is 1. The Bertz CT molecular complexity index is 256. The lowest BCUT2D eigenvalue weighted by atomic mass is 10.3. The molecule has 2 nitrogen and oxygen atoms in total. The standard InChI is InChI=1S/C9H9FO2/c1-7(10)9(11)12-8-5-3-2-4-6-8/h2-7H,1H3/t7-/m1/s1. The van der Waals surface area contributed by atoms with Gasteiger partial charge in [-0.3, -0.25) is 0 Å². The van der Waals surface area contributed by atoms with E-state index in [-0.39, 0.29) is 0 Å². The minimum atomic E-state index is -1.58. The summed E-state index contributed by atoms with van der Waals surface area (Å²) < 4.78 is 17.0. The number of carbonyl (C=O) groups excluding carboxylic acids is 1. The molecule has 1 atom stereocenters. The third-order valence-electron chi connectivity index (χ3n) is 1.29. The van der Waals surface area contributed by atoms with Crippen molar-refractivity contribution in [2.24, 2.45) is 0 Å². The average molecular weight is 168 g/mol. The minimum Gasteiger partial charge on any atom is -0.424 e. The van der Waals surface area contributed by atoms with Gasteiger partial charge in [0.05, 0.1) is 0 Å². The van der Waals surface area contributed by atoms with Crippen molar-refractivity contribution in [2.45, 2.75) is 13.1 Å². The molecule has 0 fully saturated rings. The van der Waals surface area contributed by atoms with Gasteiger partial charge in [-0.05, 0) is 19.1 Å². The molecule has 12 heavy (non-hydrogen) atoms. The Labute approximate surface area is 70.0 Å². The number of benzene rings is 1. The fraction of sp³-hybridized carbons (Fsp3) is 0.222. The molecule has 1 aromatic carbocycles. The van der Waals surface area contributed by atoms with Gasteiger partial charge < -0.3 is 4.74 Å². The smallest absolute Gasteiger partial charge is 0.345 e. The summed E-state index contributed by atoms with van der Waals surface area (Å²) in [6, 6.07) is 8.41. The largest absolute Gasteiger partial charge is 0.424 e. The van der Waals surface area contributed by atoms with Crippen molar-refractivity contribution in [3.63, 3.8) is 0 Å². The first-order chi connectivity index (χ1) is 5.70. The molecule has 0 saturated heterocycles. The summed E-state index contributed by atoms with van der Waals surface area (Å²) in [5, 5.41) is 0. The number of para-hydroxylation sites is 1. The van der Waals surface area contributed by atoms with Gasteiger partial charge in [0.1, 0.15) is 5.75 Å². The molecule has 0 aliphatic rings. The second kappa shape index (κ2) is 3.85. The van der Waals surface area contributed by atoms with E-state index < -0.39 is 12.1 Å². The normalized spacial score (nSPS) is 12.2. The summed E-state index contributed by atoms with van der Waals surface area (Å²) in [5.41, 5.74) is 0. The van der Waals surface area contributed by atoms with Gasteiger partial charge in [0.25, 0.3) is 0 Å². The zero-order chi connectivity index (χ0) is 8.97. The SMILES string of the molecule is C[C@@H](F)C(=O)Oc1ccccc1. The van der Waals surface area contributed by atoms with Crippen molar-refractivity contribution in [3.05, 3.63) is 30.3 Å². The summed E-state index contributed by atoms with van der Waals surface area (Å²) >= 11 is 0. The molecule has 0 spiro atoms. The van der Waals surface area contributed by atoms with E-state index in [0.717, 1.165) is 6.92 Å². The Kier molecular flexibility index (Phi) is 2.80. The fourth-order valence-electron chi connectivity index (χ4n) is 0.686. The van der Waals surface area contributed by atoms with Crippen LogP contribution in [0.4, 0.5) is 4.39 Å². The van der Waals surface area contributed by atoms with Crippen molar-refractivity contribution >= 4 is 5.97 Å². The van der Waals surface area contributed by atoms with E-state index in [9.17, 15) is 9.18 Å². The van der Waals surface area contributed by atoms with Crippen LogP contribution < -0.4 is 4.74 Å². The maximum atomic E-state index is 12.3. The maximum absolute atomic E-state index is 12.3. The second-order valence-corrected chi connectivity index (χ2v) is 2.35. The molecular weight excluding hydrogens is 159 g/mol. The molecule has 0 aliphatic heterocycles. The third-order valence-corrected chi connectivity index (χ3v) is 1.29. The molecule has 0 radical (unpaired) electrons. The van der Waals surface area contributed by atoms with E-state index in [2.05, 4.69) is 4.74 Å². The monoisotopic (exact) mass is 168 g/mol. The molecule has 0 aliphatic carbocycles. The first-order valence-electron chi connectivity index (χ1n) is 3.61. The number of esters is 1. The highest BCUT2D eigenvalue weighted by atomic mass is 19.1. The van der Waals surface area contributed by atoms with Gasteiger partial charge in [-0.25, -0.2) is 9.18 Å². The van der Waals surface area contributed by atoms with E-state index in [0.29, 0.717) is 5.75 Å². The summed E-state index contributed by atoms with van der Waals surface area (Å²) in [6.45, 7) is 1.14. The molecule has 64 valence electrons. The molecule has 0 saturated carbocycles. The van der Waals surface area contributed by atoms with Crippen LogP contribution >= 0.6 is 0 Å². The summed E-state index contributed by atoms with van der Waals surface area (Å²) in [4.78, 5) is 10.7. The fourth-order valence-corrected chi connectivity index (χ4v) is 0.686. The summed E-state index contributed by atoms with van der Waals surface area (Å²) in [7, 11) is 0. The van der Waals surface area contributed by atoms with Crippen molar-refractivity contribution in [2.75, 3.05) is 0 Å². The Morgan fingerprint density at radius 2 is 2.00 bits per heavy atom. The molecule has 0 unspecified atom stereocenters. The van der Waals surface area contributed by atoms with E-state index in [1.807, 2.05) is 0 Å². The highest BCUT2D eigenvalue weighted by Gasteiger charge is 2.12. The zero-order valence-electron chi connectivity index (χ0n) is 6.66. The lowest BCUT2D eigenvalue weighted by Crippen LogP contribution is -2.18. The van der Waals surface area contributed by atoms with Crippen LogP contribution in [0, 0.1) is 0 Å². The highest BCUT2D eigenvalue weighted by molar-refractivity contribution is 5.76. The van der Waals surface area contributed by atoms with E-state index in [1.165, 1.54) is 0 Å². The van der Waals surface area contributed by atoms with E-state index >= 15 is 0 Å². The van der Waals surface area contributed by atoms with Crippen molar-refractivity contribution in [3.8, 4) is 5.75 Å². The van der Waals surface area contributed by atoms with Crippen LogP contribution in [0.2, 0.25) is 0 Å². The molecular formula is C9H9FO2. The molecule has 1 aromatic rings. The van der Waals surface area contributed by atoms with Crippen LogP contribution in [0.5, 0.6) is 5.75 Å². The first kappa shape index (κ1) is 8.71. The van der Waals surface area contributed by atoms with Gasteiger partial charge in [-0.2, -0.15) is 0 Å². The van der Waals surface area contributed by atoms with Gasteiger partial charge >= 0.3 is 5.97 Å². The maximum Gasteiger partial charge on any atom is 0.345 e. The first-order valence-corrected chi connectivity index (χ1v) is 3.61. The lowest BCUT2D eigenvalue weighted by Gasteiger charge is -2.03. The minimum absolute atomic E-state index is 0.368. The van der Waals surface area contributed by atoms with Crippen LogP contribution in [0.3, 0.4) is 0 Å². The Balaban J connectivity index is 2.59. The second-order valence-electron chi connectivity index (χ2n) is 2.35. The predicted molar refractivity (Wildman–Crippen MR) is 42.6 cm³/mol. The molecule has 0 aromatic heterocycles. The van der Waals surface area contributed by atoms with Gasteiger partial charge in [0.15, 0.2) is 6.17 Å². The number of hydrogen-bond donors (Lipinski definition) is 0. The highest BCUT2D eigenvalue weighted by Crippen LogP contribution is 2.09. The van der Waals surface area contributed by atoms with Gasteiger partial charge in [-0.15, -0.1) is 0 Å². The third kappa shape index (κ3) is 2.34. The number of hydrogen-bond acceptors (Lipinski definition) is 2. The van der Waals surface area contributed by atoms with Crippen molar-refractivity contribution < 1.29 is 13.9 Å². The number of ether oxygens (including phenoxy) is 1. The van der Waals surface area contributed by atoms with Gasteiger partial charge in [-0.1, -0.05) is 18.2 Å². The molecule has 3 heteroatoms. The predicted octanol–water partition coefficient (Wildman–Crippen LogP) is 1.95. The van der Waals surface area contributed by atoms with Crippen molar-refractivity contribution in [1.82, 2.24) is 0 Å². The summed E-state index contributed by atoms with van der Waals surface area (Å²) in [6.07, 6.45) is -1.58. The molecule has 0 bridgehead atoms. The molecule has 0 amide bonds. The van der Waals surface area contributed by atoms with Crippen LogP contribution in [-0.2, 0) is 4.79 Å². The number of rotatable bonds is 2. The van der Waals surface area contributed by atoms with Crippen LogP contribution in [0.15, 0.2) is 30.3 Å². The number of halogens is 1. The Morgan fingerprint density at radius 3 is 2.50 bits per heavy atom. The van der Waals surface area contributed by atoms with E-state index in [1.54, 1.807) is 30.3 Å². The Hall–Kier alpha value is -1.38. The van der Waals surface area contributed by atoms with Gasteiger partial charge in [0, 0.05) is 0 Å². The molecule has 0 N–H and O–H groups in total. The topological polar surface area (TPSA) is 26.3 Å². The van der Waals surface area contributed by atoms with Crippen LogP contribution in [0.25, 0.3) is 0 Å². The lowest BCUT2D eigenvalue weighted by molar-refractivity contribution is -0.139. The van der Waals surface area contributed by atoms with Gasteiger partial charge in [0.2, 0.25) is 0 Å². The van der Waals surface area contributed by atoms with E-state index in [4.69, 9.17) is 0 Å². The van der Waals surface area contributed by atoms with Crippen LogP contribution in [-0.4, -0.2) is 12.1 Å². The Morgan fingerprint density at radius 1 is 1.42 bits per heavy atom. The summed E-state index contributed by atoms with van der Waals surface area (Å²) in [5.74, 6) is -0.492. The van der Waals surface area contributed by atoms with Crippen molar-refractivity contribution in [1.29, 1.82) is 0 Å².